The quantitative estimate of drug-likeness (QED) is 0.726. The molecule has 1 aromatic carbocycles. The maximum Gasteiger partial charge on any atom is 0.254 e. The lowest BCUT2D eigenvalue weighted by Gasteiger charge is -2.16. The molecule has 1 atom stereocenters. The Balaban J connectivity index is 2.81. The van der Waals surface area contributed by atoms with E-state index in [9.17, 15) is 18.4 Å². The van der Waals surface area contributed by atoms with E-state index >= 15 is 0 Å². The number of hydrogen-bond acceptors (Lipinski definition) is 3. The van der Waals surface area contributed by atoms with E-state index in [1.807, 2.05) is 0 Å². The molecule has 0 fully saturated rings. The number of carbonyl (C=O) groups excluding carboxylic acids is 2. The second-order valence-corrected chi connectivity index (χ2v) is 4.71. The summed E-state index contributed by atoms with van der Waals surface area (Å²) in [6, 6.07) is 0.492. The van der Waals surface area contributed by atoms with Crippen molar-refractivity contribution in [1.29, 1.82) is 0 Å². The third kappa shape index (κ3) is 3.91. The second-order valence-electron chi connectivity index (χ2n) is 4.71. The highest BCUT2D eigenvalue weighted by Crippen LogP contribution is 2.16. The van der Waals surface area contributed by atoms with Crippen LogP contribution in [0.5, 0.6) is 0 Å². The van der Waals surface area contributed by atoms with Crippen LogP contribution in [0.15, 0.2) is 12.1 Å². The van der Waals surface area contributed by atoms with Crippen LogP contribution >= 0.6 is 0 Å². The number of benzene rings is 1. The maximum atomic E-state index is 13.5. The van der Waals surface area contributed by atoms with E-state index < -0.39 is 35.1 Å². The van der Waals surface area contributed by atoms with Gasteiger partial charge >= 0.3 is 0 Å². The minimum atomic E-state index is -1.04. The summed E-state index contributed by atoms with van der Waals surface area (Å²) in [5, 5.41) is 4.92. The van der Waals surface area contributed by atoms with Crippen molar-refractivity contribution in [3.63, 3.8) is 0 Å². The van der Waals surface area contributed by atoms with Gasteiger partial charge in [0.25, 0.3) is 5.91 Å². The number of anilines is 1. The van der Waals surface area contributed by atoms with Crippen molar-refractivity contribution in [3.8, 4) is 0 Å². The van der Waals surface area contributed by atoms with Crippen molar-refractivity contribution in [2.24, 2.45) is 0 Å². The Bertz CT molecular complexity index is 533. The number of hydrogen-bond donors (Lipinski definition) is 3. The number of nitrogens with one attached hydrogen (secondary N) is 2. The maximum absolute atomic E-state index is 13.5. The molecule has 0 radical (unpaired) electrons. The van der Waals surface area contributed by atoms with Crippen molar-refractivity contribution in [2.75, 3.05) is 5.73 Å². The van der Waals surface area contributed by atoms with Crippen molar-refractivity contribution in [3.05, 3.63) is 29.3 Å². The molecule has 0 spiro atoms. The first-order valence-corrected chi connectivity index (χ1v) is 6.08. The van der Waals surface area contributed by atoms with Gasteiger partial charge in [0.2, 0.25) is 5.91 Å². The summed E-state index contributed by atoms with van der Waals surface area (Å²) in [5.74, 6) is -3.21. The first kappa shape index (κ1) is 15.9. The normalized spacial score (nSPS) is 12.1. The van der Waals surface area contributed by atoms with E-state index in [0.29, 0.717) is 6.07 Å². The zero-order valence-electron chi connectivity index (χ0n) is 11.5. The molecule has 1 unspecified atom stereocenters. The van der Waals surface area contributed by atoms with Crippen LogP contribution in [0, 0.1) is 11.6 Å². The van der Waals surface area contributed by atoms with Gasteiger partial charge in [-0.15, -0.1) is 0 Å². The van der Waals surface area contributed by atoms with E-state index in [4.69, 9.17) is 5.73 Å². The van der Waals surface area contributed by atoms with Crippen LogP contribution in [0.25, 0.3) is 0 Å². The molecule has 4 N–H and O–H groups in total. The summed E-state index contributed by atoms with van der Waals surface area (Å²) in [5.41, 5.74) is 4.54. The lowest BCUT2D eigenvalue weighted by Crippen LogP contribution is -2.46. The highest BCUT2D eigenvalue weighted by atomic mass is 19.1. The Hall–Kier alpha value is -2.18. The van der Waals surface area contributed by atoms with Gasteiger partial charge in [0.05, 0.1) is 11.3 Å². The molecule has 110 valence electrons. The van der Waals surface area contributed by atoms with Crippen LogP contribution in [0.1, 0.15) is 31.1 Å². The molecule has 0 aliphatic heterocycles. The van der Waals surface area contributed by atoms with Crippen LogP contribution in [-0.4, -0.2) is 23.9 Å². The Kier molecular flexibility index (Phi) is 5.01. The van der Waals surface area contributed by atoms with Gasteiger partial charge in [0, 0.05) is 12.1 Å². The van der Waals surface area contributed by atoms with Crippen molar-refractivity contribution < 1.29 is 18.4 Å². The van der Waals surface area contributed by atoms with Gasteiger partial charge in [-0.1, -0.05) is 0 Å². The van der Waals surface area contributed by atoms with Gasteiger partial charge in [0.1, 0.15) is 17.7 Å². The first-order valence-electron chi connectivity index (χ1n) is 6.08. The Morgan fingerprint density at radius 1 is 1.10 bits per heavy atom. The van der Waals surface area contributed by atoms with Crippen LogP contribution in [0.4, 0.5) is 14.5 Å². The second kappa shape index (κ2) is 6.31. The molecule has 0 aliphatic carbocycles. The van der Waals surface area contributed by atoms with Crippen molar-refractivity contribution in [2.45, 2.75) is 32.9 Å². The molecule has 0 aliphatic rings. The summed E-state index contributed by atoms with van der Waals surface area (Å²) in [4.78, 5) is 23.4. The molecule has 1 aromatic rings. The van der Waals surface area contributed by atoms with E-state index in [1.54, 1.807) is 13.8 Å². The average molecular weight is 285 g/mol. The highest BCUT2D eigenvalue weighted by Gasteiger charge is 2.20. The monoisotopic (exact) mass is 285 g/mol. The number of amides is 2. The van der Waals surface area contributed by atoms with Gasteiger partial charge in [0.15, 0.2) is 0 Å². The van der Waals surface area contributed by atoms with E-state index in [2.05, 4.69) is 10.6 Å². The predicted molar refractivity (Wildman–Crippen MR) is 71.0 cm³/mol. The lowest BCUT2D eigenvalue weighted by molar-refractivity contribution is -0.123. The molecule has 0 heterocycles. The highest BCUT2D eigenvalue weighted by molar-refractivity contribution is 5.98. The number of nitrogen functional groups attached to an aromatic ring is 1. The van der Waals surface area contributed by atoms with Gasteiger partial charge in [-0.2, -0.15) is 0 Å². The van der Waals surface area contributed by atoms with Gasteiger partial charge in [-0.25, -0.2) is 8.78 Å². The summed E-state index contributed by atoms with van der Waals surface area (Å²) < 4.78 is 26.5. The minimum absolute atomic E-state index is 0.0833. The number of rotatable bonds is 4. The molecule has 0 aromatic heterocycles. The minimum Gasteiger partial charge on any atom is -0.396 e. The van der Waals surface area contributed by atoms with Crippen LogP contribution < -0.4 is 16.4 Å². The largest absolute Gasteiger partial charge is 0.396 e. The molecule has 20 heavy (non-hydrogen) atoms. The molecule has 2 amide bonds. The summed E-state index contributed by atoms with van der Waals surface area (Å²) in [6.07, 6.45) is 0. The molecular formula is C13H17F2N3O2. The molecule has 1 rings (SSSR count). The third-order valence-corrected chi connectivity index (χ3v) is 2.50. The summed E-state index contributed by atoms with van der Waals surface area (Å²) >= 11 is 0. The third-order valence-electron chi connectivity index (χ3n) is 2.50. The smallest absolute Gasteiger partial charge is 0.254 e. The molecular weight excluding hydrogens is 268 g/mol. The van der Waals surface area contributed by atoms with Gasteiger partial charge in [-0.3, -0.25) is 9.59 Å². The fourth-order valence-corrected chi connectivity index (χ4v) is 1.49. The van der Waals surface area contributed by atoms with Crippen molar-refractivity contribution >= 4 is 17.5 Å². The molecule has 0 saturated carbocycles. The molecule has 5 nitrogen and oxygen atoms in total. The standard InChI is InChI=1S/C13H17F2N3O2/c1-6(2)17-12(19)7(3)18-13(20)8-4-11(16)10(15)5-9(8)14/h4-7H,16H2,1-3H3,(H,17,19)(H,18,20). The average Bonchev–Trinajstić information content (AvgIpc) is 2.32. The molecule has 0 bridgehead atoms. The predicted octanol–water partition coefficient (Wildman–Crippen LogP) is 1.19. The SMILES string of the molecule is CC(C)NC(=O)C(C)NC(=O)c1cc(N)c(F)cc1F. The van der Waals surface area contributed by atoms with Crippen LogP contribution in [0.3, 0.4) is 0 Å². The summed E-state index contributed by atoms with van der Waals surface area (Å²) in [6.45, 7) is 5.00. The molecule has 0 saturated heterocycles. The van der Waals surface area contributed by atoms with E-state index in [-0.39, 0.29) is 11.7 Å². The van der Waals surface area contributed by atoms with Gasteiger partial charge < -0.3 is 16.4 Å². The Morgan fingerprint density at radius 3 is 2.25 bits per heavy atom. The fourth-order valence-electron chi connectivity index (χ4n) is 1.49. The lowest BCUT2D eigenvalue weighted by atomic mass is 10.1. The first-order chi connectivity index (χ1) is 9.22. The van der Waals surface area contributed by atoms with Crippen molar-refractivity contribution in [1.82, 2.24) is 10.6 Å². The van der Waals surface area contributed by atoms with E-state index in [0.717, 1.165) is 6.07 Å². The summed E-state index contributed by atoms with van der Waals surface area (Å²) in [7, 11) is 0. The number of nitrogens with two attached hydrogens (primary N) is 1. The number of halogens is 2. The van der Waals surface area contributed by atoms with E-state index in [1.165, 1.54) is 6.92 Å². The fraction of sp³-hybridized carbons (Fsp3) is 0.385. The topological polar surface area (TPSA) is 84.2 Å². The Labute approximate surface area is 115 Å². The zero-order chi connectivity index (χ0) is 15.4. The molecule has 7 heteroatoms. The zero-order valence-corrected chi connectivity index (χ0v) is 11.5. The number of carbonyl (C=O) groups is 2. The van der Waals surface area contributed by atoms with Crippen LogP contribution in [0.2, 0.25) is 0 Å². The van der Waals surface area contributed by atoms with Gasteiger partial charge in [-0.05, 0) is 26.8 Å². The van der Waals surface area contributed by atoms with Crippen LogP contribution in [-0.2, 0) is 4.79 Å². The Morgan fingerprint density at radius 2 is 1.70 bits per heavy atom.